The van der Waals surface area contributed by atoms with Crippen molar-refractivity contribution in [1.82, 2.24) is 5.32 Å². The van der Waals surface area contributed by atoms with Gasteiger partial charge in [0.1, 0.15) is 0 Å². The van der Waals surface area contributed by atoms with Crippen molar-refractivity contribution in [3.63, 3.8) is 0 Å². The van der Waals surface area contributed by atoms with Crippen molar-refractivity contribution in [2.24, 2.45) is 5.41 Å². The molecule has 0 unspecified atom stereocenters. The van der Waals surface area contributed by atoms with Gasteiger partial charge in [-0.3, -0.25) is 9.59 Å². The van der Waals surface area contributed by atoms with Gasteiger partial charge in [-0.1, -0.05) is 28.1 Å². The van der Waals surface area contributed by atoms with Crippen molar-refractivity contribution in [3.8, 4) is 0 Å². The summed E-state index contributed by atoms with van der Waals surface area (Å²) in [5.41, 5.74) is -0.0755. The number of benzene rings is 1. The number of carbonyl (C=O) groups is 2. The summed E-state index contributed by atoms with van der Waals surface area (Å²) in [6.45, 7) is 4.95. The highest BCUT2D eigenvalue weighted by Gasteiger charge is 2.30. The Bertz CT molecular complexity index is 468. The second kappa shape index (κ2) is 6.19. The molecule has 2 N–H and O–H groups in total. The van der Waals surface area contributed by atoms with Crippen LogP contribution in [0, 0.1) is 5.41 Å². The molecule has 0 saturated heterocycles. The molecule has 1 rings (SSSR count). The van der Waals surface area contributed by atoms with Crippen molar-refractivity contribution in [2.75, 3.05) is 0 Å². The molecular formula is C14H18BrNO3. The number of rotatable bonds is 5. The highest BCUT2D eigenvalue weighted by Crippen LogP contribution is 2.22. The van der Waals surface area contributed by atoms with Gasteiger partial charge < -0.3 is 10.4 Å². The monoisotopic (exact) mass is 327 g/mol. The first-order valence-electron chi connectivity index (χ1n) is 6.00. The molecule has 0 bridgehead atoms. The van der Waals surface area contributed by atoms with Crippen LogP contribution in [-0.2, 0) is 9.59 Å². The summed E-state index contributed by atoms with van der Waals surface area (Å²) >= 11 is 3.35. The standard InChI is InChI=1S/C14H18BrNO3/c1-9(10-4-6-11(15)7-5-10)16-12(17)8-14(2,3)13(18)19/h4-7,9H,8H2,1-3H3,(H,16,17)(H,18,19)/t9-/m0/s1. The second-order valence-corrected chi connectivity index (χ2v) is 6.12. The molecule has 1 aromatic carbocycles. The Labute approximate surface area is 121 Å². The normalized spacial score (nSPS) is 12.8. The third kappa shape index (κ3) is 4.67. The molecule has 5 heteroatoms. The predicted octanol–water partition coefficient (Wildman–Crippen LogP) is 3.13. The van der Waals surface area contributed by atoms with Crippen LogP contribution < -0.4 is 5.32 Å². The molecule has 0 radical (unpaired) electrons. The van der Waals surface area contributed by atoms with E-state index in [1.807, 2.05) is 31.2 Å². The average Bonchev–Trinajstić information content (AvgIpc) is 2.28. The minimum Gasteiger partial charge on any atom is -0.481 e. The largest absolute Gasteiger partial charge is 0.481 e. The highest BCUT2D eigenvalue weighted by atomic mass is 79.9. The SMILES string of the molecule is C[C@H](NC(=O)CC(C)(C)C(=O)O)c1ccc(Br)cc1. The van der Waals surface area contributed by atoms with Gasteiger partial charge in [0.2, 0.25) is 5.91 Å². The first-order chi connectivity index (χ1) is 8.72. The summed E-state index contributed by atoms with van der Waals surface area (Å²) in [6, 6.07) is 7.48. The van der Waals surface area contributed by atoms with Crippen LogP contribution >= 0.6 is 15.9 Å². The van der Waals surface area contributed by atoms with Gasteiger partial charge in [0.15, 0.2) is 0 Å². The molecule has 4 nitrogen and oxygen atoms in total. The fraction of sp³-hybridized carbons (Fsp3) is 0.429. The number of hydrogen-bond acceptors (Lipinski definition) is 2. The van der Waals surface area contributed by atoms with Gasteiger partial charge >= 0.3 is 5.97 Å². The maximum absolute atomic E-state index is 11.8. The minimum absolute atomic E-state index is 0.0385. The molecule has 1 aromatic rings. The van der Waals surface area contributed by atoms with Crippen molar-refractivity contribution in [3.05, 3.63) is 34.3 Å². The lowest BCUT2D eigenvalue weighted by Gasteiger charge is -2.20. The second-order valence-electron chi connectivity index (χ2n) is 5.21. The number of carboxylic acids is 1. The molecule has 0 aromatic heterocycles. The Kier molecular flexibility index (Phi) is 5.11. The third-order valence-corrected chi connectivity index (χ3v) is 3.46. The van der Waals surface area contributed by atoms with Crippen molar-refractivity contribution >= 4 is 27.8 Å². The van der Waals surface area contributed by atoms with Crippen LogP contribution in [0.4, 0.5) is 0 Å². The van der Waals surface area contributed by atoms with Crippen LogP contribution in [0.1, 0.15) is 38.8 Å². The van der Waals surface area contributed by atoms with Crippen LogP contribution in [0.3, 0.4) is 0 Å². The van der Waals surface area contributed by atoms with Crippen LogP contribution in [0.5, 0.6) is 0 Å². The number of amides is 1. The summed E-state index contributed by atoms with van der Waals surface area (Å²) in [5.74, 6) is -1.23. The number of halogens is 1. The summed E-state index contributed by atoms with van der Waals surface area (Å²) in [5, 5.41) is 11.8. The zero-order chi connectivity index (χ0) is 14.6. The molecular weight excluding hydrogens is 310 g/mol. The molecule has 1 atom stereocenters. The fourth-order valence-electron chi connectivity index (χ4n) is 1.60. The molecule has 19 heavy (non-hydrogen) atoms. The Hall–Kier alpha value is -1.36. The van der Waals surface area contributed by atoms with E-state index < -0.39 is 11.4 Å². The topological polar surface area (TPSA) is 66.4 Å². The van der Waals surface area contributed by atoms with Crippen LogP contribution in [0.2, 0.25) is 0 Å². The van der Waals surface area contributed by atoms with E-state index in [2.05, 4.69) is 21.2 Å². The molecule has 104 valence electrons. The molecule has 0 heterocycles. The maximum atomic E-state index is 11.8. The van der Waals surface area contributed by atoms with Gasteiger partial charge in [-0.15, -0.1) is 0 Å². The van der Waals surface area contributed by atoms with E-state index in [0.717, 1.165) is 10.0 Å². The fourth-order valence-corrected chi connectivity index (χ4v) is 1.87. The molecule has 1 amide bonds. The van der Waals surface area contributed by atoms with E-state index >= 15 is 0 Å². The lowest BCUT2D eigenvalue weighted by atomic mass is 9.89. The number of carboxylic acid groups (broad SMARTS) is 1. The van der Waals surface area contributed by atoms with E-state index in [0.29, 0.717) is 0 Å². The van der Waals surface area contributed by atoms with E-state index in [1.165, 1.54) is 0 Å². The molecule has 0 aliphatic heterocycles. The Morgan fingerprint density at radius 1 is 1.32 bits per heavy atom. The molecule has 0 aliphatic rings. The molecule has 0 saturated carbocycles. The lowest BCUT2D eigenvalue weighted by Crippen LogP contribution is -2.34. The summed E-state index contributed by atoms with van der Waals surface area (Å²) in [4.78, 5) is 22.8. The zero-order valence-corrected chi connectivity index (χ0v) is 12.8. The van der Waals surface area contributed by atoms with Gasteiger partial charge in [-0.2, -0.15) is 0 Å². The summed E-state index contributed by atoms with van der Waals surface area (Å²) in [7, 11) is 0. The first-order valence-corrected chi connectivity index (χ1v) is 6.80. The van der Waals surface area contributed by atoms with E-state index in [9.17, 15) is 9.59 Å². The van der Waals surface area contributed by atoms with Crippen LogP contribution in [0.25, 0.3) is 0 Å². The van der Waals surface area contributed by atoms with E-state index in [-0.39, 0.29) is 18.4 Å². The smallest absolute Gasteiger partial charge is 0.309 e. The van der Waals surface area contributed by atoms with Crippen molar-refractivity contribution in [1.29, 1.82) is 0 Å². The third-order valence-electron chi connectivity index (χ3n) is 2.93. The summed E-state index contributed by atoms with van der Waals surface area (Å²) < 4.78 is 0.974. The van der Waals surface area contributed by atoms with Gasteiger partial charge in [-0.25, -0.2) is 0 Å². The van der Waals surface area contributed by atoms with Crippen molar-refractivity contribution < 1.29 is 14.7 Å². The Morgan fingerprint density at radius 3 is 2.32 bits per heavy atom. The van der Waals surface area contributed by atoms with Gasteiger partial charge in [0.25, 0.3) is 0 Å². The van der Waals surface area contributed by atoms with Crippen LogP contribution in [-0.4, -0.2) is 17.0 Å². The van der Waals surface area contributed by atoms with Gasteiger partial charge in [-0.05, 0) is 38.5 Å². The zero-order valence-electron chi connectivity index (χ0n) is 11.2. The minimum atomic E-state index is -1.05. The molecule has 0 aliphatic carbocycles. The number of aliphatic carboxylic acids is 1. The highest BCUT2D eigenvalue weighted by molar-refractivity contribution is 9.10. The van der Waals surface area contributed by atoms with Gasteiger partial charge in [0, 0.05) is 10.9 Å². The number of hydrogen-bond donors (Lipinski definition) is 2. The Balaban J connectivity index is 2.62. The Morgan fingerprint density at radius 2 is 1.84 bits per heavy atom. The quantitative estimate of drug-likeness (QED) is 0.873. The molecule has 0 fully saturated rings. The maximum Gasteiger partial charge on any atom is 0.309 e. The number of carbonyl (C=O) groups excluding carboxylic acids is 1. The van der Waals surface area contributed by atoms with E-state index in [1.54, 1.807) is 13.8 Å². The average molecular weight is 328 g/mol. The summed E-state index contributed by atoms with van der Waals surface area (Å²) in [6.07, 6.45) is -0.0385. The first kappa shape index (κ1) is 15.7. The van der Waals surface area contributed by atoms with Crippen LogP contribution in [0.15, 0.2) is 28.7 Å². The predicted molar refractivity (Wildman–Crippen MR) is 76.7 cm³/mol. The number of nitrogens with one attached hydrogen (secondary N) is 1. The van der Waals surface area contributed by atoms with Gasteiger partial charge in [0.05, 0.1) is 11.5 Å². The lowest BCUT2D eigenvalue weighted by molar-refractivity contribution is -0.149. The van der Waals surface area contributed by atoms with E-state index in [4.69, 9.17) is 5.11 Å². The van der Waals surface area contributed by atoms with Crippen molar-refractivity contribution in [2.45, 2.75) is 33.2 Å². The molecule has 0 spiro atoms.